The molecule has 0 saturated heterocycles. The van der Waals surface area contributed by atoms with Crippen molar-refractivity contribution in [2.24, 2.45) is 16.6 Å². The Balaban J connectivity index is 2.98. The Morgan fingerprint density at radius 3 is 2.45 bits per heavy atom. The SMILES string of the molecule is Cc1ccc(S(N)(=O)=O)cc1NC(=O)C(N)CC(N)=O. The summed E-state index contributed by atoms with van der Waals surface area (Å²) in [6.45, 7) is 1.67. The Kier molecular flexibility index (Phi) is 4.82. The normalized spacial score (nSPS) is 12.8. The van der Waals surface area contributed by atoms with Crippen molar-refractivity contribution in [2.75, 3.05) is 5.32 Å². The molecular weight excluding hydrogens is 284 g/mol. The standard InChI is InChI=1S/C11H16N4O4S/c1-6-2-3-7(20(14,18)19)4-9(6)15-11(17)8(12)5-10(13)16/h2-4,8H,5,12H2,1H3,(H2,13,16)(H,15,17)(H2,14,18,19). The Morgan fingerprint density at radius 1 is 1.35 bits per heavy atom. The molecule has 7 N–H and O–H groups in total. The third-order valence-electron chi connectivity index (χ3n) is 2.55. The van der Waals surface area contributed by atoms with E-state index in [0.717, 1.165) is 0 Å². The van der Waals surface area contributed by atoms with Crippen molar-refractivity contribution >= 4 is 27.5 Å². The summed E-state index contributed by atoms with van der Waals surface area (Å²) in [6.07, 6.45) is -0.306. The highest BCUT2D eigenvalue weighted by atomic mass is 32.2. The van der Waals surface area contributed by atoms with E-state index in [1.54, 1.807) is 6.92 Å². The molecule has 0 bridgehead atoms. The number of hydrogen-bond donors (Lipinski definition) is 4. The molecule has 2 amide bonds. The fraction of sp³-hybridized carbons (Fsp3) is 0.273. The molecule has 0 fully saturated rings. The number of hydrogen-bond acceptors (Lipinski definition) is 5. The van der Waals surface area contributed by atoms with Crippen molar-refractivity contribution in [1.82, 2.24) is 0 Å². The minimum Gasteiger partial charge on any atom is -0.370 e. The number of carbonyl (C=O) groups is 2. The first-order chi connectivity index (χ1) is 9.11. The highest BCUT2D eigenvalue weighted by Crippen LogP contribution is 2.19. The summed E-state index contributed by atoms with van der Waals surface area (Å²) >= 11 is 0. The Morgan fingerprint density at radius 2 is 1.95 bits per heavy atom. The van der Waals surface area contributed by atoms with E-state index in [-0.39, 0.29) is 17.0 Å². The number of amides is 2. The van der Waals surface area contributed by atoms with Gasteiger partial charge in [0, 0.05) is 5.69 Å². The first-order valence-corrected chi connectivity index (χ1v) is 7.14. The molecular formula is C11H16N4O4S. The van der Waals surface area contributed by atoms with Gasteiger partial charge >= 0.3 is 0 Å². The summed E-state index contributed by atoms with van der Waals surface area (Å²) in [5, 5.41) is 7.44. The van der Waals surface area contributed by atoms with Gasteiger partial charge < -0.3 is 16.8 Å². The van der Waals surface area contributed by atoms with Gasteiger partial charge in [-0.2, -0.15) is 0 Å². The Hall–Kier alpha value is -1.97. The molecule has 0 aliphatic heterocycles. The van der Waals surface area contributed by atoms with Crippen molar-refractivity contribution < 1.29 is 18.0 Å². The number of primary amides is 1. The van der Waals surface area contributed by atoms with Crippen LogP contribution in [0.25, 0.3) is 0 Å². The molecule has 1 unspecified atom stereocenters. The van der Waals surface area contributed by atoms with E-state index >= 15 is 0 Å². The average molecular weight is 300 g/mol. The van der Waals surface area contributed by atoms with Gasteiger partial charge in [-0.15, -0.1) is 0 Å². The maximum Gasteiger partial charge on any atom is 0.241 e. The maximum absolute atomic E-state index is 11.7. The zero-order valence-electron chi connectivity index (χ0n) is 10.8. The van der Waals surface area contributed by atoms with Crippen LogP contribution < -0.4 is 21.9 Å². The average Bonchev–Trinajstić information content (AvgIpc) is 2.29. The van der Waals surface area contributed by atoms with E-state index in [4.69, 9.17) is 16.6 Å². The van der Waals surface area contributed by atoms with E-state index in [1.807, 2.05) is 0 Å². The van der Waals surface area contributed by atoms with Gasteiger partial charge in [-0.05, 0) is 24.6 Å². The number of anilines is 1. The Bertz CT molecular complexity index is 642. The fourth-order valence-corrected chi connectivity index (χ4v) is 1.99. The third-order valence-corrected chi connectivity index (χ3v) is 3.46. The van der Waals surface area contributed by atoms with Gasteiger partial charge in [0.1, 0.15) is 0 Å². The number of rotatable bonds is 5. The number of nitrogens with one attached hydrogen (secondary N) is 1. The van der Waals surface area contributed by atoms with Crippen LogP contribution in [0.5, 0.6) is 0 Å². The summed E-state index contributed by atoms with van der Waals surface area (Å²) in [4.78, 5) is 22.3. The Labute approximate surface area is 116 Å². The molecule has 110 valence electrons. The van der Waals surface area contributed by atoms with Gasteiger partial charge in [0.25, 0.3) is 0 Å². The van der Waals surface area contributed by atoms with Crippen molar-refractivity contribution in [1.29, 1.82) is 0 Å². The zero-order chi connectivity index (χ0) is 15.5. The summed E-state index contributed by atoms with van der Waals surface area (Å²) in [7, 11) is -3.87. The van der Waals surface area contributed by atoms with Gasteiger partial charge in [0.15, 0.2) is 0 Å². The number of primary sulfonamides is 1. The molecule has 0 aromatic heterocycles. The predicted molar refractivity (Wildman–Crippen MR) is 73.0 cm³/mol. The number of sulfonamides is 1. The van der Waals surface area contributed by atoms with E-state index in [0.29, 0.717) is 5.56 Å². The van der Waals surface area contributed by atoms with E-state index in [1.165, 1.54) is 18.2 Å². The summed E-state index contributed by atoms with van der Waals surface area (Å²) in [6, 6.07) is 2.93. The molecule has 0 saturated carbocycles. The van der Waals surface area contributed by atoms with Crippen LogP contribution in [0.4, 0.5) is 5.69 Å². The van der Waals surface area contributed by atoms with Crippen LogP contribution in [-0.4, -0.2) is 26.3 Å². The molecule has 0 aliphatic carbocycles. The second-order valence-corrected chi connectivity index (χ2v) is 5.85. The van der Waals surface area contributed by atoms with Gasteiger partial charge in [-0.1, -0.05) is 6.07 Å². The molecule has 1 aromatic carbocycles. The van der Waals surface area contributed by atoms with E-state index in [9.17, 15) is 18.0 Å². The van der Waals surface area contributed by atoms with Gasteiger partial charge in [0.05, 0.1) is 17.4 Å². The molecule has 0 heterocycles. The zero-order valence-corrected chi connectivity index (χ0v) is 11.6. The molecule has 8 nitrogen and oxygen atoms in total. The van der Waals surface area contributed by atoms with Crippen molar-refractivity contribution in [3.8, 4) is 0 Å². The lowest BCUT2D eigenvalue weighted by molar-refractivity contribution is -0.123. The number of carbonyl (C=O) groups excluding carboxylic acids is 2. The monoisotopic (exact) mass is 300 g/mol. The molecule has 0 aliphatic rings. The van der Waals surface area contributed by atoms with Crippen LogP contribution in [0.2, 0.25) is 0 Å². The third kappa shape index (κ3) is 4.30. The lowest BCUT2D eigenvalue weighted by atomic mass is 10.1. The first kappa shape index (κ1) is 16.1. The van der Waals surface area contributed by atoms with Crippen LogP contribution >= 0.6 is 0 Å². The quantitative estimate of drug-likeness (QED) is 0.536. The highest BCUT2D eigenvalue weighted by Gasteiger charge is 2.18. The molecule has 20 heavy (non-hydrogen) atoms. The van der Waals surface area contributed by atoms with Crippen LogP contribution in [-0.2, 0) is 19.6 Å². The second kappa shape index (κ2) is 5.99. The summed E-state index contributed by atoms with van der Waals surface area (Å²) in [5.41, 5.74) is 11.3. The molecule has 9 heteroatoms. The van der Waals surface area contributed by atoms with E-state index in [2.05, 4.69) is 5.32 Å². The molecule has 1 atom stereocenters. The predicted octanol–water partition coefficient (Wildman–Crippen LogP) is -1.22. The van der Waals surface area contributed by atoms with Crippen LogP contribution in [0.1, 0.15) is 12.0 Å². The lowest BCUT2D eigenvalue weighted by Crippen LogP contribution is -2.39. The minimum absolute atomic E-state index is 0.137. The smallest absolute Gasteiger partial charge is 0.241 e. The fourth-order valence-electron chi connectivity index (χ4n) is 1.45. The van der Waals surface area contributed by atoms with Crippen molar-refractivity contribution in [3.63, 3.8) is 0 Å². The summed E-state index contributed by atoms with van der Waals surface area (Å²) < 4.78 is 22.5. The van der Waals surface area contributed by atoms with Crippen molar-refractivity contribution in [3.05, 3.63) is 23.8 Å². The second-order valence-electron chi connectivity index (χ2n) is 4.29. The highest BCUT2D eigenvalue weighted by molar-refractivity contribution is 7.89. The molecule has 0 radical (unpaired) electrons. The van der Waals surface area contributed by atoms with Gasteiger partial charge in [-0.3, -0.25) is 9.59 Å². The van der Waals surface area contributed by atoms with Crippen molar-refractivity contribution in [2.45, 2.75) is 24.3 Å². The van der Waals surface area contributed by atoms with Crippen LogP contribution in [0, 0.1) is 6.92 Å². The van der Waals surface area contributed by atoms with Gasteiger partial charge in [-0.25, -0.2) is 13.6 Å². The van der Waals surface area contributed by atoms with Gasteiger partial charge in [0.2, 0.25) is 21.8 Å². The molecule has 0 spiro atoms. The van der Waals surface area contributed by atoms with E-state index < -0.39 is 27.9 Å². The molecule has 1 aromatic rings. The van der Waals surface area contributed by atoms with Crippen LogP contribution in [0.15, 0.2) is 23.1 Å². The number of benzene rings is 1. The van der Waals surface area contributed by atoms with Crippen LogP contribution in [0.3, 0.4) is 0 Å². The number of nitrogens with two attached hydrogens (primary N) is 3. The molecule has 1 rings (SSSR count). The minimum atomic E-state index is -3.87. The first-order valence-electron chi connectivity index (χ1n) is 5.59. The topological polar surface area (TPSA) is 158 Å². The number of aryl methyl sites for hydroxylation is 1. The summed E-state index contributed by atoms with van der Waals surface area (Å²) in [5.74, 6) is -1.35. The maximum atomic E-state index is 11.7. The lowest BCUT2D eigenvalue weighted by Gasteiger charge is -2.13. The largest absolute Gasteiger partial charge is 0.370 e.